The van der Waals surface area contributed by atoms with Crippen LogP contribution in [0.15, 0.2) is 36.4 Å². The molecule has 0 aromatic heterocycles. The van der Waals surface area contributed by atoms with Gasteiger partial charge in [-0.25, -0.2) is 13.2 Å². The molecule has 2 nitrogen and oxygen atoms in total. The summed E-state index contributed by atoms with van der Waals surface area (Å²) in [6.07, 6.45) is 0. The SMILES string of the molecule is Nc1ccc(NCc2ccc(F)c(F)c2)c(F)c1. The van der Waals surface area contributed by atoms with Gasteiger partial charge in [-0.05, 0) is 35.9 Å². The Morgan fingerprint density at radius 2 is 1.67 bits per heavy atom. The molecule has 0 amide bonds. The fraction of sp³-hybridized carbons (Fsp3) is 0.0769. The molecule has 0 radical (unpaired) electrons. The lowest BCUT2D eigenvalue weighted by Gasteiger charge is -2.08. The fourth-order valence-corrected chi connectivity index (χ4v) is 1.52. The molecule has 18 heavy (non-hydrogen) atoms. The van der Waals surface area contributed by atoms with Crippen LogP contribution < -0.4 is 11.1 Å². The van der Waals surface area contributed by atoms with Gasteiger partial charge < -0.3 is 11.1 Å². The Labute approximate surface area is 102 Å². The van der Waals surface area contributed by atoms with Gasteiger partial charge in [-0.15, -0.1) is 0 Å². The van der Waals surface area contributed by atoms with Crippen molar-refractivity contribution in [2.24, 2.45) is 0 Å². The van der Waals surface area contributed by atoms with E-state index >= 15 is 0 Å². The molecule has 0 heterocycles. The summed E-state index contributed by atoms with van der Waals surface area (Å²) in [5.74, 6) is -2.32. The van der Waals surface area contributed by atoms with E-state index in [1.54, 1.807) is 6.07 Å². The Bertz CT molecular complexity index is 570. The lowest BCUT2D eigenvalue weighted by atomic mass is 10.2. The van der Waals surface area contributed by atoms with Gasteiger partial charge in [-0.2, -0.15) is 0 Å². The second kappa shape index (κ2) is 5.00. The van der Waals surface area contributed by atoms with E-state index in [9.17, 15) is 13.2 Å². The normalized spacial score (nSPS) is 10.4. The quantitative estimate of drug-likeness (QED) is 0.822. The Morgan fingerprint density at radius 3 is 2.33 bits per heavy atom. The summed E-state index contributed by atoms with van der Waals surface area (Å²) in [4.78, 5) is 0. The van der Waals surface area contributed by atoms with Gasteiger partial charge >= 0.3 is 0 Å². The lowest BCUT2D eigenvalue weighted by Crippen LogP contribution is -2.02. The molecule has 0 atom stereocenters. The van der Waals surface area contributed by atoms with E-state index in [1.807, 2.05) is 0 Å². The molecular formula is C13H11F3N2. The zero-order valence-corrected chi connectivity index (χ0v) is 9.38. The third-order valence-corrected chi connectivity index (χ3v) is 2.46. The van der Waals surface area contributed by atoms with Gasteiger partial charge in [0.1, 0.15) is 5.82 Å². The Morgan fingerprint density at radius 1 is 0.889 bits per heavy atom. The van der Waals surface area contributed by atoms with Crippen molar-refractivity contribution in [2.75, 3.05) is 11.1 Å². The highest BCUT2D eigenvalue weighted by atomic mass is 19.2. The number of benzene rings is 2. The van der Waals surface area contributed by atoms with E-state index in [4.69, 9.17) is 5.73 Å². The summed E-state index contributed by atoms with van der Waals surface area (Å²) < 4.78 is 39.1. The van der Waals surface area contributed by atoms with Crippen LogP contribution in [0, 0.1) is 17.5 Å². The second-order valence-electron chi connectivity index (χ2n) is 3.84. The molecule has 0 unspecified atom stereocenters. The lowest BCUT2D eigenvalue weighted by molar-refractivity contribution is 0.507. The van der Waals surface area contributed by atoms with Gasteiger partial charge in [0.05, 0.1) is 5.69 Å². The number of nitrogens with two attached hydrogens (primary N) is 1. The average Bonchev–Trinajstić information content (AvgIpc) is 2.32. The van der Waals surface area contributed by atoms with E-state index in [-0.39, 0.29) is 12.2 Å². The molecule has 3 N–H and O–H groups in total. The Balaban J connectivity index is 2.09. The van der Waals surface area contributed by atoms with Crippen LogP contribution in [0.1, 0.15) is 5.56 Å². The van der Waals surface area contributed by atoms with Crippen molar-refractivity contribution >= 4 is 11.4 Å². The summed E-state index contributed by atoms with van der Waals surface area (Å²) in [5, 5.41) is 2.78. The highest BCUT2D eigenvalue weighted by Crippen LogP contribution is 2.18. The van der Waals surface area contributed by atoms with Crippen LogP contribution in [0.4, 0.5) is 24.5 Å². The second-order valence-corrected chi connectivity index (χ2v) is 3.84. The summed E-state index contributed by atoms with van der Waals surface area (Å²) in [6, 6.07) is 7.76. The largest absolute Gasteiger partial charge is 0.399 e. The van der Waals surface area contributed by atoms with Gasteiger partial charge in [0.2, 0.25) is 0 Å². The summed E-state index contributed by atoms with van der Waals surface area (Å²) >= 11 is 0. The van der Waals surface area contributed by atoms with Gasteiger partial charge in [0, 0.05) is 12.2 Å². The molecule has 0 aliphatic carbocycles. The van der Waals surface area contributed by atoms with Gasteiger partial charge in [0.15, 0.2) is 11.6 Å². The number of hydrogen-bond acceptors (Lipinski definition) is 2. The average molecular weight is 252 g/mol. The minimum Gasteiger partial charge on any atom is -0.399 e. The van der Waals surface area contributed by atoms with Gasteiger partial charge in [-0.3, -0.25) is 0 Å². The monoisotopic (exact) mass is 252 g/mol. The van der Waals surface area contributed by atoms with E-state index in [2.05, 4.69) is 5.32 Å². The molecule has 0 fully saturated rings. The topological polar surface area (TPSA) is 38.0 Å². The molecule has 0 aliphatic heterocycles. The van der Waals surface area contributed by atoms with Crippen molar-refractivity contribution in [3.63, 3.8) is 0 Å². The number of halogens is 3. The first-order chi connectivity index (χ1) is 8.56. The van der Waals surface area contributed by atoms with Crippen LogP contribution in [0.5, 0.6) is 0 Å². The first-order valence-electron chi connectivity index (χ1n) is 5.29. The third-order valence-electron chi connectivity index (χ3n) is 2.46. The molecule has 2 aromatic rings. The van der Waals surface area contributed by atoms with Gasteiger partial charge in [-0.1, -0.05) is 6.07 Å². The maximum atomic E-state index is 13.4. The smallest absolute Gasteiger partial charge is 0.159 e. The maximum absolute atomic E-state index is 13.4. The minimum absolute atomic E-state index is 0.192. The molecule has 0 saturated carbocycles. The fourth-order valence-electron chi connectivity index (χ4n) is 1.52. The highest BCUT2D eigenvalue weighted by molar-refractivity contribution is 5.52. The van der Waals surface area contributed by atoms with Crippen molar-refractivity contribution in [3.8, 4) is 0 Å². The summed E-state index contributed by atoms with van der Waals surface area (Å²) in [6.45, 7) is 0.192. The number of nitrogens with one attached hydrogen (secondary N) is 1. The summed E-state index contributed by atoms with van der Waals surface area (Å²) in [7, 11) is 0. The zero-order chi connectivity index (χ0) is 13.1. The van der Waals surface area contributed by atoms with Crippen LogP contribution in [0.25, 0.3) is 0 Å². The third kappa shape index (κ3) is 2.74. The molecule has 2 rings (SSSR count). The Kier molecular flexibility index (Phi) is 3.41. The number of rotatable bonds is 3. The van der Waals surface area contributed by atoms with Crippen LogP contribution in [0.2, 0.25) is 0 Å². The highest BCUT2D eigenvalue weighted by Gasteiger charge is 2.04. The first kappa shape index (κ1) is 12.3. The number of nitrogen functional groups attached to an aromatic ring is 1. The molecule has 0 saturated heterocycles. The van der Waals surface area contributed by atoms with Crippen LogP contribution >= 0.6 is 0 Å². The first-order valence-corrected chi connectivity index (χ1v) is 5.29. The number of hydrogen-bond donors (Lipinski definition) is 2. The van der Waals surface area contributed by atoms with Crippen LogP contribution in [-0.4, -0.2) is 0 Å². The van der Waals surface area contributed by atoms with Crippen molar-refractivity contribution in [3.05, 3.63) is 59.4 Å². The van der Waals surface area contributed by atoms with Crippen LogP contribution in [-0.2, 0) is 6.54 Å². The predicted molar refractivity (Wildman–Crippen MR) is 64.5 cm³/mol. The molecule has 5 heteroatoms. The van der Waals surface area contributed by atoms with Crippen molar-refractivity contribution < 1.29 is 13.2 Å². The van der Waals surface area contributed by atoms with Gasteiger partial charge in [0.25, 0.3) is 0 Å². The maximum Gasteiger partial charge on any atom is 0.159 e. The Hall–Kier alpha value is -2.17. The number of anilines is 2. The van der Waals surface area contributed by atoms with E-state index in [1.165, 1.54) is 18.2 Å². The van der Waals surface area contributed by atoms with Crippen molar-refractivity contribution in [1.82, 2.24) is 0 Å². The van der Waals surface area contributed by atoms with E-state index < -0.39 is 17.5 Å². The van der Waals surface area contributed by atoms with E-state index in [0.717, 1.165) is 12.1 Å². The molecule has 0 bridgehead atoms. The molecule has 0 spiro atoms. The van der Waals surface area contributed by atoms with Crippen LogP contribution in [0.3, 0.4) is 0 Å². The zero-order valence-electron chi connectivity index (χ0n) is 9.38. The van der Waals surface area contributed by atoms with Crippen molar-refractivity contribution in [1.29, 1.82) is 0 Å². The minimum atomic E-state index is -0.924. The standard InChI is InChI=1S/C13H11F3N2/c14-10-3-1-8(5-11(10)15)7-18-13-4-2-9(17)6-12(13)16/h1-6,18H,7,17H2. The molecular weight excluding hydrogens is 241 g/mol. The van der Waals surface area contributed by atoms with Crippen molar-refractivity contribution in [2.45, 2.75) is 6.54 Å². The molecule has 2 aromatic carbocycles. The van der Waals surface area contributed by atoms with E-state index in [0.29, 0.717) is 11.3 Å². The summed E-state index contributed by atoms with van der Waals surface area (Å²) in [5.41, 5.74) is 6.51. The predicted octanol–water partition coefficient (Wildman–Crippen LogP) is 3.30. The molecule has 94 valence electrons. The molecule has 0 aliphatic rings.